The fraction of sp³-hybridized carbons (Fsp3) is 0.391. The average Bonchev–Trinajstić information content (AvgIpc) is 3.08. The van der Waals surface area contributed by atoms with Gasteiger partial charge < -0.3 is 19.7 Å². The van der Waals surface area contributed by atoms with Crippen molar-refractivity contribution >= 4 is 11.8 Å². The molecule has 0 bridgehead atoms. The third kappa shape index (κ3) is 5.02. The van der Waals surface area contributed by atoms with Crippen LogP contribution in [0.3, 0.4) is 0 Å². The minimum absolute atomic E-state index is 0.0177. The summed E-state index contributed by atoms with van der Waals surface area (Å²) < 4.78 is 10.4. The first-order valence-electron chi connectivity index (χ1n) is 9.82. The van der Waals surface area contributed by atoms with Gasteiger partial charge in [-0.05, 0) is 16.7 Å². The number of amides is 2. The van der Waals surface area contributed by atoms with E-state index in [1.165, 1.54) is 0 Å². The third-order valence-corrected chi connectivity index (χ3v) is 5.32. The summed E-state index contributed by atoms with van der Waals surface area (Å²) in [6, 6.07) is 17.3. The van der Waals surface area contributed by atoms with Crippen LogP contribution in [0, 0.1) is 5.92 Å². The number of benzene rings is 2. The van der Waals surface area contributed by atoms with Crippen molar-refractivity contribution in [2.45, 2.75) is 25.6 Å². The lowest BCUT2D eigenvalue weighted by Crippen LogP contribution is -2.36. The van der Waals surface area contributed by atoms with Crippen molar-refractivity contribution in [3.05, 3.63) is 71.3 Å². The second kappa shape index (κ2) is 10.2. The molecule has 0 spiro atoms. The summed E-state index contributed by atoms with van der Waals surface area (Å²) in [4.78, 5) is 27.5. The van der Waals surface area contributed by atoms with Gasteiger partial charge in [-0.3, -0.25) is 9.59 Å². The zero-order valence-electron chi connectivity index (χ0n) is 17.0. The SMILES string of the molecule is COCCN1C(=O)C[C@@H](C(=O)NCc2ccccc2COC)[C@@H]1c1ccccc1. The van der Waals surface area contributed by atoms with Crippen molar-refractivity contribution in [3.63, 3.8) is 0 Å². The summed E-state index contributed by atoms with van der Waals surface area (Å²) >= 11 is 0. The third-order valence-electron chi connectivity index (χ3n) is 5.32. The molecule has 2 aromatic rings. The fourth-order valence-electron chi connectivity index (χ4n) is 3.88. The maximum absolute atomic E-state index is 13.1. The maximum Gasteiger partial charge on any atom is 0.226 e. The largest absolute Gasteiger partial charge is 0.383 e. The van der Waals surface area contributed by atoms with Crippen LogP contribution in [0.2, 0.25) is 0 Å². The van der Waals surface area contributed by atoms with Gasteiger partial charge in [0.25, 0.3) is 0 Å². The van der Waals surface area contributed by atoms with Gasteiger partial charge in [0.1, 0.15) is 0 Å². The van der Waals surface area contributed by atoms with E-state index >= 15 is 0 Å². The van der Waals surface area contributed by atoms with E-state index in [-0.39, 0.29) is 24.3 Å². The van der Waals surface area contributed by atoms with Crippen LogP contribution in [0.5, 0.6) is 0 Å². The van der Waals surface area contributed by atoms with Crippen LogP contribution >= 0.6 is 0 Å². The molecule has 1 N–H and O–H groups in total. The van der Waals surface area contributed by atoms with Crippen LogP contribution in [0.25, 0.3) is 0 Å². The molecule has 1 saturated heterocycles. The standard InChI is InChI=1S/C23H28N2O4/c1-28-13-12-25-21(26)14-20(22(25)17-8-4-3-5-9-17)23(27)24-15-18-10-6-7-11-19(18)16-29-2/h3-11,20,22H,12-16H2,1-2H3,(H,24,27)/t20-,22+/m1/s1. The molecule has 0 saturated carbocycles. The Labute approximate surface area is 171 Å². The number of methoxy groups -OCH3 is 2. The number of nitrogens with one attached hydrogen (secondary N) is 1. The molecular formula is C23H28N2O4. The van der Waals surface area contributed by atoms with Crippen LogP contribution in [0.4, 0.5) is 0 Å². The Morgan fingerprint density at radius 3 is 2.41 bits per heavy atom. The molecule has 1 aliphatic rings. The summed E-state index contributed by atoms with van der Waals surface area (Å²) in [6.45, 7) is 1.80. The Morgan fingerprint density at radius 2 is 1.72 bits per heavy atom. The Bertz CT molecular complexity index is 825. The van der Waals surface area contributed by atoms with Crippen LogP contribution in [0.1, 0.15) is 29.2 Å². The van der Waals surface area contributed by atoms with Gasteiger partial charge in [-0.25, -0.2) is 0 Å². The minimum Gasteiger partial charge on any atom is -0.383 e. The van der Waals surface area contributed by atoms with Crippen molar-refractivity contribution in [3.8, 4) is 0 Å². The average molecular weight is 396 g/mol. The molecule has 0 aliphatic carbocycles. The summed E-state index contributed by atoms with van der Waals surface area (Å²) in [5.74, 6) is -0.563. The zero-order chi connectivity index (χ0) is 20.6. The molecule has 154 valence electrons. The van der Waals surface area contributed by atoms with E-state index in [1.54, 1.807) is 19.1 Å². The molecule has 1 aliphatic heterocycles. The quantitative estimate of drug-likeness (QED) is 0.708. The second-order valence-corrected chi connectivity index (χ2v) is 7.17. The van der Waals surface area contributed by atoms with E-state index in [1.807, 2.05) is 54.6 Å². The van der Waals surface area contributed by atoms with Crippen molar-refractivity contribution in [1.29, 1.82) is 0 Å². The van der Waals surface area contributed by atoms with Crippen molar-refractivity contribution in [2.24, 2.45) is 5.92 Å². The fourth-order valence-corrected chi connectivity index (χ4v) is 3.88. The molecule has 2 amide bonds. The van der Waals surface area contributed by atoms with E-state index in [0.29, 0.717) is 26.3 Å². The first-order chi connectivity index (χ1) is 14.2. The van der Waals surface area contributed by atoms with Gasteiger partial charge in [0, 0.05) is 33.7 Å². The minimum atomic E-state index is -0.434. The van der Waals surface area contributed by atoms with Crippen LogP contribution < -0.4 is 5.32 Å². The molecule has 0 aromatic heterocycles. The van der Waals surface area contributed by atoms with Crippen LogP contribution in [0.15, 0.2) is 54.6 Å². The monoisotopic (exact) mass is 396 g/mol. The lowest BCUT2D eigenvalue weighted by atomic mass is 9.92. The van der Waals surface area contributed by atoms with Gasteiger partial charge in [-0.15, -0.1) is 0 Å². The molecule has 1 heterocycles. The van der Waals surface area contributed by atoms with E-state index < -0.39 is 5.92 Å². The van der Waals surface area contributed by atoms with Gasteiger partial charge in [0.2, 0.25) is 11.8 Å². The highest BCUT2D eigenvalue weighted by molar-refractivity contribution is 5.90. The normalized spacial score (nSPS) is 18.8. The van der Waals surface area contributed by atoms with E-state index in [0.717, 1.165) is 16.7 Å². The lowest BCUT2D eigenvalue weighted by molar-refractivity contribution is -0.129. The highest BCUT2D eigenvalue weighted by Crippen LogP contribution is 2.38. The van der Waals surface area contributed by atoms with Gasteiger partial charge in [0.05, 0.1) is 25.2 Å². The number of hydrogen-bond acceptors (Lipinski definition) is 4. The highest BCUT2D eigenvalue weighted by Gasteiger charge is 2.44. The first kappa shape index (κ1) is 21.0. The Balaban J connectivity index is 1.76. The number of carbonyl (C=O) groups is 2. The lowest BCUT2D eigenvalue weighted by Gasteiger charge is -2.28. The maximum atomic E-state index is 13.1. The Kier molecular flexibility index (Phi) is 7.38. The number of carbonyl (C=O) groups excluding carboxylic acids is 2. The topological polar surface area (TPSA) is 67.9 Å². The van der Waals surface area contributed by atoms with Gasteiger partial charge >= 0.3 is 0 Å². The smallest absolute Gasteiger partial charge is 0.226 e. The van der Waals surface area contributed by atoms with Gasteiger partial charge in [0.15, 0.2) is 0 Å². The summed E-state index contributed by atoms with van der Waals surface area (Å²) in [6.07, 6.45) is 0.203. The summed E-state index contributed by atoms with van der Waals surface area (Å²) in [5, 5.41) is 3.03. The molecule has 0 radical (unpaired) electrons. The van der Waals surface area contributed by atoms with E-state index in [9.17, 15) is 9.59 Å². The van der Waals surface area contributed by atoms with Crippen LogP contribution in [-0.4, -0.2) is 44.1 Å². The van der Waals surface area contributed by atoms with Gasteiger partial charge in [-0.1, -0.05) is 54.6 Å². The molecule has 1 fully saturated rings. The molecule has 0 unspecified atom stereocenters. The molecule has 2 atom stereocenters. The molecule has 6 nitrogen and oxygen atoms in total. The summed E-state index contributed by atoms with van der Waals surface area (Å²) in [5.41, 5.74) is 3.02. The van der Waals surface area contributed by atoms with E-state index in [4.69, 9.17) is 9.47 Å². The molecular weight excluding hydrogens is 368 g/mol. The number of hydrogen-bond donors (Lipinski definition) is 1. The Morgan fingerprint density at radius 1 is 1.03 bits per heavy atom. The molecule has 3 rings (SSSR count). The summed E-state index contributed by atoms with van der Waals surface area (Å²) in [7, 11) is 3.26. The number of ether oxygens (including phenoxy) is 2. The van der Waals surface area contributed by atoms with Gasteiger partial charge in [-0.2, -0.15) is 0 Å². The Hall–Kier alpha value is -2.70. The number of nitrogens with zero attached hydrogens (tertiary/aromatic N) is 1. The number of rotatable bonds is 9. The van der Waals surface area contributed by atoms with Crippen LogP contribution in [-0.2, 0) is 32.2 Å². The highest BCUT2D eigenvalue weighted by atomic mass is 16.5. The molecule has 29 heavy (non-hydrogen) atoms. The molecule has 2 aromatic carbocycles. The predicted molar refractivity (Wildman–Crippen MR) is 110 cm³/mol. The van der Waals surface area contributed by atoms with E-state index in [2.05, 4.69) is 5.32 Å². The molecule has 6 heteroatoms. The predicted octanol–water partition coefficient (Wildman–Crippen LogP) is 2.69. The second-order valence-electron chi connectivity index (χ2n) is 7.17. The van der Waals surface area contributed by atoms with Crippen molar-refractivity contribution < 1.29 is 19.1 Å². The van der Waals surface area contributed by atoms with Crippen molar-refractivity contribution in [1.82, 2.24) is 10.2 Å². The first-order valence-corrected chi connectivity index (χ1v) is 9.82. The zero-order valence-corrected chi connectivity index (χ0v) is 17.0. The van der Waals surface area contributed by atoms with Crippen molar-refractivity contribution in [2.75, 3.05) is 27.4 Å². The number of likely N-dealkylation sites (tertiary alicyclic amines) is 1.